The molecule has 0 aliphatic rings. The molecule has 0 saturated heterocycles. The first-order valence-electron chi connectivity index (χ1n) is 6.06. The summed E-state index contributed by atoms with van der Waals surface area (Å²) in [5, 5.41) is 3.04. The van der Waals surface area contributed by atoms with Crippen LogP contribution < -0.4 is 5.32 Å². The summed E-state index contributed by atoms with van der Waals surface area (Å²) >= 11 is 0. The van der Waals surface area contributed by atoms with Gasteiger partial charge in [0.1, 0.15) is 0 Å². The van der Waals surface area contributed by atoms with Gasteiger partial charge >= 0.3 is 0 Å². The Labute approximate surface area is 105 Å². The Balaban J connectivity index is 2.87. The van der Waals surface area contributed by atoms with E-state index in [9.17, 15) is 13.2 Å². The first-order valence-corrected chi connectivity index (χ1v) is 6.06. The maximum absolute atomic E-state index is 13.6. The molecule has 18 heavy (non-hydrogen) atoms. The minimum atomic E-state index is -1.42. The van der Waals surface area contributed by atoms with Crippen molar-refractivity contribution in [3.05, 3.63) is 35.1 Å². The SMILES string of the molecule is CCNC(CCOCC)c1ccc(F)c(F)c1F. The fourth-order valence-electron chi connectivity index (χ4n) is 1.77. The molecule has 1 aromatic rings. The number of hydrogen-bond acceptors (Lipinski definition) is 2. The maximum Gasteiger partial charge on any atom is 0.194 e. The third kappa shape index (κ3) is 3.71. The van der Waals surface area contributed by atoms with Gasteiger partial charge in [0.15, 0.2) is 17.5 Å². The van der Waals surface area contributed by atoms with Gasteiger partial charge in [-0.05, 0) is 26.0 Å². The molecule has 1 aromatic carbocycles. The molecule has 2 nitrogen and oxygen atoms in total. The second kappa shape index (κ2) is 7.38. The van der Waals surface area contributed by atoms with E-state index >= 15 is 0 Å². The van der Waals surface area contributed by atoms with Gasteiger partial charge in [-0.3, -0.25) is 0 Å². The van der Waals surface area contributed by atoms with Crippen molar-refractivity contribution in [3.8, 4) is 0 Å². The molecule has 1 N–H and O–H groups in total. The lowest BCUT2D eigenvalue weighted by atomic mass is 10.0. The largest absolute Gasteiger partial charge is 0.382 e. The molecule has 0 saturated carbocycles. The molecule has 1 rings (SSSR count). The van der Waals surface area contributed by atoms with Gasteiger partial charge in [-0.25, -0.2) is 13.2 Å². The minimum absolute atomic E-state index is 0.135. The fourth-order valence-corrected chi connectivity index (χ4v) is 1.77. The van der Waals surface area contributed by atoms with Crippen LogP contribution >= 0.6 is 0 Å². The first-order chi connectivity index (χ1) is 8.61. The van der Waals surface area contributed by atoms with Crippen LogP contribution in [0.2, 0.25) is 0 Å². The summed E-state index contributed by atoms with van der Waals surface area (Å²) in [5.41, 5.74) is 0.135. The van der Waals surface area contributed by atoms with Crippen molar-refractivity contribution in [3.63, 3.8) is 0 Å². The summed E-state index contributed by atoms with van der Waals surface area (Å²) < 4.78 is 44.9. The van der Waals surface area contributed by atoms with Gasteiger partial charge in [-0.2, -0.15) is 0 Å². The molecule has 0 spiro atoms. The Morgan fingerprint density at radius 3 is 2.50 bits per heavy atom. The summed E-state index contributed by atoms with van der Waals surface area (Å²) in [6, 6.07) is 1.84. The van der Waals surface area contributed by atoms with Crippen molar-refractivity contribution in [1.82, 2.24) is 5.32 Å². The zero-order valence-electron chi connectivity index (χ0n) is 10.6. The third-order valence-electron chi connectivity index (χ3n) is 2.65. The lowest BCUT2D eigenvalue weighted by molar-refractivity contribution is 0.136. The van der Waals surface area contributed by atoms with Crippen molar-refractivity contribution in [2.24, 2.45) is 0 Å². The number of halogens is 3. The molecule has 0 radical (unpaired) electrons. The molecular formula is C13H18F3NO. The Morgan fingerprint density at radius 2 is 1.89 bits per heavy atom. The first kappa shape index (κ1) is 15.0. The Hall–Kier alpha value is -1.07. The van der Waals surface area contributed by atoms with Crippen LogP contribution in [0.1, 0.15) is 31.9 Å². The second-order valence-corrected chi connectivity index (χ2v) is 3.86. The molecule has 0 bridgehead atoms. The van der Waals surface area contributed by atoms with Crippen LogP contribution in [-0.4, -0.2) is 19.8 Å². The van der Waals surface area contributed by atoms with Crippen molar-refractivity contribution in [1.29, 1.82) is 0 Å². The summed E-state index contributed by atoms with van der Waals surface area (Å²) in [6.45, 7) is 5.34. The quantitative estimate of drug-likeness (QED) is 0.601. The van der Waals surface area contributed by atoms with Crippen molar-refractivity contribution < 1.29 is 17.9 Å². The van der Waals surface area contributed by atoms with E-state index in [0.29, 0.717) is 26.2 Å². The molecule has 0 amide bonds. The highest BCUT2D eigenvalue weighted by Gasteiger charge is 2.20. The predicted molar refractivity (Wildman–Crippen MR) is 63.8 cm³/mol. The second-order valence-electron chi connectivity index (χ2n) is 3.86. The van der Waals surface area contributed by atoms with E-state index in [1.807, 2.05) is 13.8 Å². The summed E-state index contributed by atoms with van der Waals surface area (Å²) in [4.78, 5) is 0. The van der Waals surface area contributed by atoms with Gasteiger partial charge in [-0.15, -0.1) is 0 Å². The molecule has 1 unspecified atom stereocenters. The highest BCUT2D eigenvalue weighted by molar-refractivity contribution is 5.23. The molecule has 0 aliphatic carbocycles. The smallest absolute Gasteiger partial charge is 0.194 e. The fraction of sp³-hybridized carbons (Fsp3) is 0.538. The van der Waals surface area contributed by atoms with E-state index in [-0.39, 0.29) is 11.6 Å². The maximum atomic E-state index is 13.6. The highest BCUT2D eigenvalue weighted by Crippen LogP contribution is 2.23. The van der Waals surface area contributed by atoms with Gasteiger partial charge < -0.3 is 10.1 Å². The van der Waals surface area contributed by atoms with Gasteiger partial charge in [0.25, 0.3) is 0 Å². The van der Waals surface area contributed by atoms with E-state index in [0.717, 1.165) is 6.07 Å². The molecular weight excluding hydrogens is 243 g/mol. The minimum Gasteiger partial charge on any atom is -0.382 e. The summed E-state index contributed by atoms with van der Waals surface area (Å²) in [7, 11) is 0. The van der Waals surface area contributed by atoms with Crippen LogP contribution in [0.5, 0.6) is 0 Å². The molecule has 102 valence electrons. The van der Waals surface area contributed by atoms with E-state index in [2.05, 4.69) is 5.32 Å². The molecule has 5 heteroatoms. The molecule has 1 atom stereocenters. The molecule has 0 fully saturated rings. The zero-order chi connectivity index (χ0) is 13.5. The van der Waals surface area contributed by atoms with Crippen LogP contribution in [0.25, 0.3) is 0 Å². The topological polar surface area (TPSA) is 21.3 Å². The Bertz CT molecular complexity index is 385. The summed E-state index contributed by atoms with van der Waals surface area (Å²) in [5.74, 6) is -3.72. The Kier molecular flexibility index (Phi) is 6.15. The monoisotopic (exact) mass is 261 g/mol. The number of benzene rings is 1. The van der Waals surface area contributed by atoms with Gasteiger partial charge in [0, 0.05) is 24.8 Å². The Morgan fingerprint density at radius 1 is 1.17 bits per heavy atom. The van der Waals surface area contributed by atoms with Gasteiger partial charge in [0.2, 0.25) is 0 Å². The number of nitrogens with one attached hydrogen (secondary N) is 1. The van der Waals surface area contributed by atoms with Crippen LogP contribution in [-0.2, 0) is 4.74 Å². The van der Waals surface area contributed by atoms with E-state index in [4.69, 9.17) is 4.74 Å². The van der Waals surface area contributed by atoms with Crippen LogP contribution in [0.15, 0.2) is 12.1 Å². The van der Waals surface area contributed by atoms with Crippen molar-refractivity contribution in [2.45, 2.75) is 26.3 Å². The van der Waals surface area contributed by atoms with Crippen LogP contribution in [0.4, 0.5) is 13.2 Å². The molecule has 0 aromatic heterocycles. The van der Waals surface area contributed by atoms with Crippen molar-refractivity contribution >= 4 is 0 Å². The van der Waals surface area contributed by atoms with E-state index in [1.165, 1.54) is 6.07 Å². The third-order valence-corrected chi connectivity index (χ3v) is 2.65. The van der Waals surface area contributed by atoms with Crippen LogP contribution in [0, 0.1) is 17.5 Å². The van der Waals surface area contributed by atoms with Gasteiger partial charge in [0.05, 0.1) is 0 Å². The predicted octanol–water partition coefficient (Wildman–Crippen LogP) is 3.18. The zero-order valence-corrected chi connectivity index (χ0v) is 10.6. The van der Waals surface area contributed by atoms with Crippen LogP contribution in [0.3, 0.4) is 0 Å². The van der Waals surface area contributed by atoms with E-state index in [1.54, 1.807) is 0 Å². The number of hydrogen-bond donors (Lipinski definition) is 1. The number of ether oxygens (including phenoxy) is 1. The standard InChI is InChI=1S/C13H18F3NO/c1-3-17-11(7-8-18-4-2)9-5-6-10(14)13(16)12(9)15/h5-6,11,17H,3-4,7-8H2,1-2H3. The van der Waals surface area contributed by atoms with Gasteiger partial charge in [-0.1, -0.05) is 13.0 Å². The van der Waals surface area contributed by atoms with E-state index < -0.39 is 17.5 Å². The van der Waals surface area contributed by atoms with Crippen molar-refractivity contribution in [2.75, 3.05) is 19.8 Å². The molecule has 0 heterocycles. The lowest BCUT2D eigenvalue weighted by Crippen LogP contribution is -2.24. The average molecular weight is 261 g/mol. The highest BCUT2D eigenvalue weighted by atomic mass is 19.2. The lowest BCUT2D eigenvalue weighted by Gasteiger charge is -2.19. The molecule has 0 aliphatic heterocycles. The average Bonchev–Trinajstić information content (AvgIpc) is 2.36. The number of rotatable bonds is 7. The summed E-state index contributed by atoms with van der Waals surface area (Å²) in [6.07, 6.45) is 0.504. The normalized spacial score (nSPS) is 12.7.